The largest absolute Gasteiger partial charge is 0.376 e. The van der Waals surface area contributed by atoms with Crippen molar-refractivity contribution in [2.75, 3.05) is 6.61 Å². The quantitative estimate of drug-likeness (QED) is 0.762. The fraction of sp³-hybridized carbons (Fsp3) is 0.917. The topological polar surface area (TPSA) is 41.6 Å². The van der Waals surface area contributed by atoms with Crippen molar-refractivity contribution in [3.05, 3.63) is 0 Å². The maximum atomic E-state index is 12.2. The first-order chi connectivity index (χ1) is 7.52. The Kier molecular flexibility index (Phi) is 3.22. The van der Waals surface area contributed by atoms with Gasteiger partial charge in [-0.2, -0.15) is 0 Å². The average Bonchev–Trinajstić information content (AvgIpc) is 2.73. The van der Waals surface area contributed by atoms with Crippen molar-refractivity contribution in [3.63, 3.8) is 0 Å². The lowest BCUT2D eigenvalue weighted by Crippen LogP contribution is -2.49. The van der Waals surface area contributed by atoms with Crippen LogP contribution in [0.5, 0.6) is 0 Å². The highest BCUT2D eigenvalue weighted by Gasteiger charge is 2.44. The van der Waals surface area contributed by atoms with Gasteiger partial charge < -0.3 is 9.64 Å². The Bertz CT molecular complexity index is 278. The molecule has 1 N–H and O–H groups in total. The number of nitrogens with zero attached hydrogens (tertiary/aromatic N) is 1. The SMILES string of the molecule is CC1NC(C(C)C)N(C2CCOC2C)C1=O. The second-order valence-electron chi connectivity index (χ2n) is 5.25. The number of hydrogen-bond donors (Lipinski definition) is 1. The van der Waals surface area contributed by atoms with Crippen molar-refractivity contribution in [3.8, 4) is 0 Å². The van der Waals surface area contributed by atoms with Crippen molar-refractivity contribution in [1.29, 1.82) is 0 Å². The molecule has 1 amide bonds. The number of ether oxygens (including phenoxy) is 1. The second-order valence-corrected chi connectivity index (χ2v) is 5.25. The lowest BCUT2D eigenvalue weighted by molar-refractivity contribution is -0.133. The van der Waals surface area contributed by atoms with Gasteiger partial charge in [0.25, 0.3) is 0 Å². The van der Waals surface area contributed by atoms with E-state index in [2.05, 4.69) is 26.1 Å². The number of amides is 1. The molecule has 2 heterocycles. The second kappa shape index (κ2) is 4.34. The minimum Gasteiger partial charge on any atom is -0.376 e. The van der Waals surface area contributed by atoms with Crippen LogP contribution >= 0.6 is 0 Å². The molecule has 0 aromatic rings. The Hall–Kier alpha value is -0.610. The molecule has 2 fully saturated rings. The first-order valence-electron chi connectivity index (χ1n) is 6.22. The van der Waals surface area contributed by atoms with Gasteiger partial charge in [-0.05, 0) is 26.2 Å². The fourth-order valence-corrected chi connectivity index (χ4v) is 2.74. The molecule has 0 aliphatic carbocycles. The number of nitrogens with one attached hydrogen (secondary N) is 1. The van der Waals surface area contributed by atoms with Crippen LogP contribution in [0.2, 0.25) is 0 Å². The normalized spacial score (nSPS) is 40.1. The molecule has 0 spiro atoms. The number of carbonyl (C=O) groups excluding carboxylic acids is 1. The van der Waals surface area contributed by atoms with E-state index in [-0.39, 0.29) is 30.3 Å². The molecule has 4 atom stereocenters. The maximum absolute atomic E-state index is 12.2. The van der Waals surface area contributed by atoms with E-state index in [0.717, 1.165) is 13.0 Å². The van der Waals surface area contributed by atoms with Gasteiger partial charge in [0, 0.05) is 6.61 Å². The highest BCUT2D eigenvalue weighted by atomic mass is 16.5. The van der Waals surface area contributed by atoms with Crippen LogP contribution in [0.1, 0.15) is 34.1 Å². The summed E-state index contributed by atoms with van der Waals surface area (Å²) in [5, 5.41) is 3.37. The summed E-state index contributed by atoms with van der Waals surface area (Å²) in [6.07, 6.45) is 1.29. The van der Waals surface area contributed by atoms with E-state index >= 15 is 0 Å². The molecule has 2 aliphatic rings. The van der Waals surface area contributed by atoms with Gasteiger partial charge in [-0.3, -0.25) is 10.1 Å². The van der Waals surface area contributed by atoms with Crippen molar-refractivity contribution >= 4 is 5.91 Å². The predicted octanol–water partition coefficient (Wildman–Crippen LogP) is 0.966. The number of rotatable bonds is 2. The van der Waals surface area contributed by atoms with Crippen molar-refractivity contribution in [1.82, 2.24) is 10.2 Å². The average molecular weight is 226 g/mol. The van der Waals surface area contributed by atoms with Crippen molar-refractivity contribution in [2.45, 2.75) is 58.5 Å². The summed E-state index contributed by atoms with van der Waals surface area (Å²) in [6.45, 7) is 9.07. The lowest BCUT2D eigenvalue weighted by Gasteiger charge is -2.33. The summed E-state index contributed by atoms with van der Waals surface area (Å²) in [5.41, 5.74) is 0. The smallest absolute Gasteiger partial charge is 0.241 e. The van der Waals surface area contributed by atoms with Crippen LogP contribution in [0.15, 0.2) is 0 Å². The zero-order valence-corrected chi connectivity index (χ0v) is 10.6. The van der Waals surface area contributed by atoms with Crippen molar-refractivity contribution < 1.29 is 9.53 Å². The van der Waals surface area contributed by atoms with Crippen LogP contribution < -0.4 is 5.32 Å². The summed E-state index contributed by atoms with van der Waals surface area (Å²) in [4.78, 5) is 14.2. The minimum absolute atomic E-state index is 0.0554. The van der Waals surface area contributed by atoms with E-state index in [1.54, 1.807) is 0 Å². The third-order valence-electron chi connectivity index (χ3n) is 3.67. The van der Waals surface area contributed by atoms with Crippen LogP contribution in [0.25, 0.3) is 0 Å². The zero-order valence-electron chi connectivity index (χ0n) is 10.6. The monoisotopic (exact) mass is 226 g/mol. The van der Waals surface area contributed by atoms with Crippen LogP contribution in [0, 0.1) is 5.92 Å². The molecule has 4 heteroatoms. The van der Waals surface area contributed by atoms with Gasteiger partial charge in [0.2, 0.25) is 5.91 Å². The summed E-state index contributed by atoms with van der Waals surface area (Å²) in [5.74, 6) is 0.655. The first-order valence-corrected chi connectivity index (χ1v) is 6.22. The molecule has 4 nitrogen and oxygen atoms in total. The minimum atomic E-state index is -0.0554. The van der Waals surface area contributed by atoms with Gasteiger partial charge in [-0.15, -0.1) is 0 Å². The van der Waals surface area contributed by atoms with Gasteiger partial charge in [0.05, 0.1) is 24.4 Å². The summed E-state index contributed by atoms with van der Waals surface area (Å²) >= 11 is 0. The van der Waals surface area contributed by atoms with E-state index in [0.29, 0.717) is 5.92 Å². The van der Waals surface area contributed by atoms with Gasteiger partial charge in [0.15, 0.2) is 0 Å². The molecule has 2 saturated heterocycles. The number of carbonyl (C=O) groups is 1. The molecule has 2 aliphatic heterocycles. The Labute approximate surface area is 97.3 Å². The number of hydrogen-bond acceptors (Lipinski definition) is 3. The molecule has 16 heavy (non-hydrogen) atoms. The highest BCUT2D eigenvalue weighted by molar-refractivity contribution is 5.84. The van der Waals surface area contributed by atoms with Gasteiger partial charge in [-0.1, -0.05) is 13.8 Å². The van der Waals surface area contributed by atoms with Crippen LogP contribution in [0.3, 0.4) is 0 Å². The third-order valence-corrected chi connectivity index (χ3v) is 3.67. The van der Waals surface area contributed by atoms with E-state index in [1.807, 2.05) is 11.8 Å². The molecule has 92 valence electrons. The molecular formula is C12H22N2O2. The van der Waals surface area contributed by atoms with E-state index < -0.39 is 0 Å². The van der Waals surface area contributed by atoms with Crippen LogP contribution in [-0.2, 0) is 9.53 Å². The summed E-state index contributed by atoms with van der Waals surface area (Å²) in [6, 6.07) is 0.192. The summed E-state index contributed by atoms with van der Waals surface area (Å²) in [7, 11) is 0. The Morgan fingerprint density at radius 2 is 2.12 bits per heavy atom. The highest BCUT2D eigenvalue weighted by Crippen LogP contribution is 2.27. The molecule has 0 radical (unpaired) electrons. The molecule has 4 unspecified atom stereocenters. The first kappa shape index (κ1) is 11.9. The van der Waals surface area contributed by atoms with E-state index in [4.69, 9.17) is 4.74 Å². The van der Waals surface area contributed by atoms with Crippen LogP contribution in [-0.4, -0.2) is 41.8 Å². The Morgan fingerprint density at radius 3 is 2.62 bits per heavy atom. The van der Waals surface area contributed by atoms with Gasteiger partial charge >= 0.3 is 0 Å². The van der Waals surface area contributed by atoms with Gasteiger partial charge in [-0.25, -0.2) is 0 Å². The van der Waals surface area contributed by atoms with Crippen molar-refractivity contribution in [2.24, 2.45) is 5.92 Å². The van der Waals surface area contributed by atoms with E-state index in [1.165, 1.54) is 0 Å². The lowest BCUT2D eigenvalue weighted by atomic mass is 10.1. The molecule has 0 aromatic carbocycles. The molecule has 0 aromatic heterocycles. The Balaban J connectivity index is 2.18. The molecule has 0 saturated carbocycles. The maximum Gasteiger partial charge on any atom is 0.241 e. The Morgan fingerprint density at radius 1 is 1.44 bits per heavy atom. The molecule has 2 rings (SSSR count). The fourth-order valence-electron chi connectivity index (χ4n) is 2.74. The standard InChI is InChI=1S/C12H22N2O2/c1-7(2)11-13-8(3)12(15)14(11)10-5-6-16-9(10)4/h7-11,13H,5-6H2,1-4H3. The molecule has 0 bridgehead atoms. The van der Waals surface area contributed by atoms with Gasteiger partial charge in [0.1, 0.15) is 0 Å². The van der Waals surface area contributed by atoms with Crippen LogP contribution in [0.4, 0.5) is 0 Å². The van der Waals surface area contributed by atoms with E-state index in [9.17, 15) is 4.79 Å². The molecular weight excluding hydrogens is 204 g/mol. The predicted molar refractivity (Wildman–Crippen MR) is 61.9 cm³/mol. The third kappa shape index (κ3) is 1.84. The summed E-state index contributed by atoms with van der Waals surface area (Å²) < 4.78 is 5.57. The zero-order chi connectivity index (χ0) is 11.9.